The Labute approximate surface area is 236 Å². The highest BCUT2D eigenvalue weighted by Gasteiger charge is 2.59. The molecule has 3 fully saturated rings. The van der Waals surface area contributed by atoms with Crippen LogP contribution in [0.1, 0.15) is 157 Å². The molecule has 0 aliphatic heterocycles. The van der Waals surface area contributed by atoms with Gasteiger partial charge in [0.15, 0.2) is 0 Å². The molecule has 4 rings (SSSR count). The molecule has 3 saturated carbocycles. The molecule has 0 heterocycles. The van der Waals surface area contributed by atoms with Crippen LogP contribution >= 0.6 is 0 Å². The first-order valence-electron chi connectivity index (χ1n) is 17.1. The maximum atomic E-state index is 12.6. The van der Waals surface area contributed by atoms with E-state index >= 15 is 0 Å². The highest BCUT2D eigenvalue weighted by Crippen LogP contribution is 2.67. The molecule has 0 aromatic rings. The Morgan fingerprint density at radius 3 is 2.45 bits per heavy atom. The van der Waals surface area contributed by atoms with Crippen molar-refractivity contribution in [3.05, 3.63) is 11.6 Å². The summed E-state index contributed by atoms with van der Waals surface area (Å²) in [6.45, 7) is 14.9. The fourth-order valence-corrected chi connectivity index (χ4v) is 10.0. The minimum atomic E-state index is 0.0522. The third-order valence-electron chi connectivity index (χ3n) is 12.3. The smallest absolute Gasteiger partial charge is 0.306 e. The topological polar surface area (TPSA) is 26.3 Å². The summed E-state index contributed by atoms with van der Waals surface area (Å²) >= 11 is 0. The minimum Gasteiger partial charge on any atom is -0.462 e. The highest BCUT2D eigenvalue weighted by molar-refractivity contribution is 5.69. The second-order valence-corrected chi connectivity index (χ2v) is 15.2. The number of esters is 1. The Kier molecular flexibility index (Phi) is 10.5. The van der Waals surface area contributed by atoms with Gasteiger partial charge in [0.25, 0.3) is 0 Å². The van der Waals surface area contributed by atoms with E-state index in [0.29, 0.717) is 17.3 Å². The molecular weight excluding hydrogens is 464 g/mol. The molecule has 0 aromatic carbocycles. The maximum absolute atomic E-state index is 12.6. The predicted octanol–water partition coefficient (Wildman–Crippen LogP) is 10.7. The van der Waals surface area contributed by atoms with Gasteiger partial charge in [0.1, 0.15) is 6.10 Å². The lowest BCUT2D eigenvalue weighted by Gasteiger charge is -2.58. The number of fused-ring (bicyclic) bond motifs is 5. The normalized spacial score (nSPS) is 37.2. The van der Waals surface area contributed by atoms with E-state index in [2.05, 4.69) is 47.6 Å². The lowest BCUT2D eigenvalue weighted by molar-refractivity contribution is -0.151. The lowest BCUT2D eigenvalue weighted by atomic mass is 9.47. The van der Waals surface area contributed by atoms with Gasteiger partial charge in [-0.05, 0) is 97.7 Å². The molecule has 0 saturated heterocycles. The minimum absolute atomic E-state index is 0.0522. The fourth-order valence-electron chi connectivity index (χ4n) is 10.0. The van der Waals surface area contributed by atoms with Crippen LogP contribution in [0.25, 0.3) is 0 Å². The van der Waals surface area contributed by atoms with Gasteiger partial charge in [-0.3, -0.25) is 4.79 Å². The van der Waals surface area contributed by atoms with Gasteiger partial charge in [0.05, 0.1) is 0 Å². The Morgan fingerprint density at radius 2 is 1.68 bits per heavy atom. The van der Waals surface area contributed by atoms with Crippen LogP contribution in [0.5, 0.6) is 0 Å². The van der Waals surface area contributed by atoms with E-state index in [-0.39, 0.29) is 12.1 Å². The first-order valence-corrected chi connectivity index (χ1v) is 17.1. The van der Waals surface area contributed by atoms with Crippen LogP contribution < -0.4 is 0 Å². The molecule has 218 valence electrons. The van der Waals surface area contributed by atoms with Gasteiger partial charge < -0.3 is 4.74 Å². The van der Waals surface area contributed by atoms with E-state index in [9.17, 15) is 4.79 Å². The lowest BCUT2D eigenvalue weighted by Crippen LogP contribution is -2.51. The number of carbonyl (C=O) groups is 1. The average molecular weight is 527 g/mol. The third-order valence-corrected chi connectivity index (χ3v) is 12.3. The molecule has 4 aliphatic carbocycles. The number of rotatable bonds is 13. The number of hydrogen-bond donors (Lipinski definition) is 0. The molecule has 8 atom stereocenters. The van der Waals surface area contributed by atoms with Gasteiger partial charge in [-0.2, -0.15) is 0 Å². The Morgan fingerprint density at radius 1 is 0.921 bits per heavy atom. The summed E-state index contributed by atoms with van der Waals surface area (Å²) in [5.74, 6) is 5.34. The van der Waals surface area contributed by atoms with E-state index < -0.39 is 0 Å². The molecule has 4 aliphatic rings. The van der Waals surface area contributed by atoms with Crippen molar-refractivity contribution in [2.45, 2.75) is 163 Å². The molecule has 38 heavy (non-hydrogen) atoms. The van der Waals surface area contributed by atoms with Crippen LogP contribution in [0.4, 0.5) is 0 Å². The molecule has 0 N–H and O–H groups in total. The zero-order chi connectivity index (χ0) is 27.3. The number of ether oxygens (including phenoxy) is 1. The average Bonchev–Trinajstić information content (AvgIpc) is 3.23. The second-order valence-electron chi connectivity index (χ2n) is 15.2. The summed E-state index contributed by atoms with van der Waals surface area (Å²) in [5, 5.41) is 0. The van der Waals surface area contributed by atoms with E-state index in [0.717, 1.165) is 54.8 Å². The van der Waals surface area contributed by atoms with E-state index in [4.69, 9.17) is 4.74 Å². The molecule has 0 spiro atoms. The molecule has 2 heteroatoms. The molecule has 0 aromatic heterocycles. The largest absolute Gasteiger partial charge is 0.462 e. The maximum Gasteiger partial charge on any atom is 0.306 e. The first-order chi connectivity index (χ1) is 18.2. The van der Waals surface area contributed by atoms with Gasteiger partial charge in [-0.15, -0.1) is 0 Å². The first kappa shape index (κ1) is 30.2. The van der Waals surface area contributed by atoms with Crippen LogP contribution in [0.2, 0.25) is 0 Å². The third kappa shape index (κ3) is 6.57. The summed E-state index contributed by atoms with van der Waals surface area (Å²) in [5.41, 5.74) is 2.54. The van der Waals surface area contributed by atoms with Gasteiger partial charge in [-0.1, -0.05) is 105 Å². The highest BCUT2D eigenvalue weighted by atomic mass is 16.5. The monoisotopic (exact) mass is 526 g/mol. The predicted molar refractivity (Wildman–Crippen MR) is 161 cm³/mol. The van der Waals surface area contributed by atoms with E-state index in [1.807, 2.05) is 0 Å². The fraction of sp³-hybridized carbons (Fsp3) is 0.917. The molecular formula is C36H62O2. The summed E-state index contributed by atoms with van der Waals surface area (Å²) in [6.07, 6.45) is 25.3. The summed E-state index contributed by atoms with van der Waals surface area (Å²) in [7, 11) is 0. The Bertz CT molecular complexity index is 797. The van der Waals surface area contributed by atoms with Crippen LogP contribution in [0, 0.1) is 46.3 Å². The molecule has 0 amide bonds. The standard InChI is InChI=1S/C36H62O2/c1-7-8-9-10-11-12-16-34(37)38-29-21-23-35(5)28(25-29)17-18-30-32-20-19-31(27(4)15-13-14-26(2)3)36(32,6)24-22-33(30)35/h17,26-27,29-33H,7-16,18-25H2,1-6H3/t27?,29?,30-,31?,32-,33-,35-,36+/m0/s1. The van der Waals surface area contributed by atoms with Gasteiger partial charge in [-0.25, -0.2) is 0 Å². The van der Waals surface area contributed by atoms with Crippen molar-refractivity contribution in [3.63, 3.8) is 0 Å². The number of carbonyl (C=O) groups excluding carboxylic acids is 1. The Balaban J connectivity index is 1.31. The van der Waals surface area contributed by atoms with Crippen molar-refractivity contribution in [2.24, 2.45) is 46.3 Å². The summed E-state index contributed by atoms with van der Waals surface area (Å²) in [4.78, 5) is 12.6. The van der Waals surface area contributed by atoms with Crippen LogP contribution in [0.3, 0.4) is 0 Å². The molecule has 3 unspecified atom stereocenters. The summed E-state index contributed by atoms with van der Waals surface area (Å²) < 4.78 is 6.04. The van der Waals surface area contributed by atoms with E-state index in [1.165, 1.54) is 89.9 Å². The van der Waals surface area contributed by atoms with Crippen molar-refractivity contribution in [1.82, 2.24) is 0 Å². The van der Waals surface area contributed by atoms with Crippen LogP contribution in [-0.2, 0) is 9.53 Å². The van der Waals surface area contributed by atoms with Gasteiger partial charge in [0.2, 0.25) is 0 Å². The van der Waals surface area contributed by atoms with Crippen molar-refractivity contribution in [3.8, 4) is 0 Å². The van der Waals surface area contributed by atoms with Gasteiger partial charge in [0, 0.05) is 12.8 Å². The quantitative estimate of drug-likeness (QED) is 0.135. The molecule has 0 radical (unpaired) electrons. The SMILES string of the molecule is CCCCCCCCC(=O)OC1CC[C@@]2(C)C(=CC[C@@H]3[C@@H]2CC[C@]2(C)C(C(C)CCCC(C)C)CC[C@@H]32)C1. The van der Waals surface area contributed by atoms with E-state index in [1.54, 1.807) is 5.57 Å². The number of hydrogen-bond acceptors (Lipinski definition) is 2. The van der Waals surface area contributed by atoms with Crippen molar-refractivity contribution in [1.29, 1.82) is 0 Å². The number of allylic oxidation sites excluding steroid dienone is 1. The molecule has 0 bridgehead atoms. The van der Waals surface area contributed by atoms with Crippen molar-refractivity contribution in [2.75, 3.05) is 0 Å². The number of unbranched alkanes of at least 4 members (excludes halogenated alkanes) is 5. The Hall–Kier alpha value is -0.790. The summed E-state index contributed by atoms with van der Waals surface area (Å²) in [6, 6.07) is 0. The second kappa shape index (κ2) is 13.2. The van der Waals surface area contributed by atoms with Gasteiger partial charge >= 0.3 is 5.97 Å². The zero-order valence-corrected chi connectivity index (χ0v) is 26.2. The van der Waals surface area contributed by atoms with Crippen LogP contribution in [0.15, 0.2) is 11.6 Å². The van der Waals surface area contributed by atoms with Crippen molar-refractivity contribution >= 4 is 5.97 Å². The zero-order valence-electron chi connectivity index (χ0n) is 26.2. The molecule has 2 nitrogen and oxygen atoms in total. The van der Waals surface area contributed by atoms with Crippen molar-refractivity contribution < 1.29 is 9.53 Å². The van der Waals surface area contributed by atoms with Crippen LogP contribution in [-0.4, -0.2) is 12.1 Å².